The van der Waals surface area contributed by atoms with Gasteiger partial charge in [0, 0.05) is 12.4 Å². The van der Waals surface area contributed by atoms with Crippen molar-refractivity contribution in [1.82, 2.24) is 4.98 Å². The van der Waals surface area contributed by atoms with Gasteiger partial charge in [-0.2, -0.15) is 0 Å². The van der Waals surface area contributed by atoms with E-state index in [-0.39, 0.29) is 0 Å². The van der Waals surface area contributed by atoms with Crippen LogP contribution in [0, 0.1) is 0 Å². The molecule has 1 N–H and O–H groups in total. The molecule has 3 aromatic rings. The zero-order valence-electron chi connectivity index (χ0n) is 10.7. The number of hydrogen-bond donors (Lipinski definition) is 1. The summed E-state index contributed by atoms with van der Waals surface area (Å²) in [6.45, 7) is 0. The minimum atomic E-state index is -0.867. The number of benzene rings is 2. The molecule has 20 heavy (non-hydrogen) atoms. The maximum Gasteiger partial charge on any atom is 0.315 e. The number of fused-ring (bicyclic) bond motifs is 1. The number of rotatable bonds is 3. The van der Waals surface area contributed by atoms with E-state index in [1.165, 1.54) is 0 Å². The number of nitrogens with zero attached hydrogens (tertiary/aromatic N) is 1. The van der Waals surface area contributed by atoms with Crippen LogP contribution in [0.3, 0.4) is 0 Å². The van der Waals surface area contributed by atoms with Crippen LogP contribution in [0.2, 0.25) is 0 Å². The molecule has 0 radical (unpaired) electrons. The van der Waals surface area contributed by atoms with Crippen molar-refractivity contribution in [1.29, 1.82) is 0 Å². The van der Waals surface area contributed by atoms with Crippen molar-refractivity contribution in [2.75, 3.05) is 0 Å². The number of aromatic nitrogens is 1. The van der Waals surface area contributed by atoms with Gasteiger partial charge in [0.05, 0.1) is 0 Å². The molecular formula is C17H13NO2. The van der Waals surface area contributed by atoms with Crippen molar-refractivity contribution in [2.45, 2.75) is 5.92 Å². The fraction of sp³-hybridized carbons (Fsp3) is 0.0588. The third-order valence-corrected chi connectivity index (χ3v) is 3.37. The number of carbonyl (C=O) groups is 1. The first kappa shape index (κ1) is 12.4. The van der Waals surface area contributed by atoms with E-state index in [9.17, 15) is 9.90 Å². The summed E-state index contributed by atoms with van der Waals surface area (Å²) in [5, 5.41) is 11.7. The summed E-state index contributed by atoms with van der Waals surface area (Å²) in [5.41, 5.74) is 1.46. The topological polar surface area (TPSA) is 50.2 Å². The van der Waals surface area contributed by atoms with Crippen LogP contribution in [0.1, 0.15) is 17.0 Å². The molecule has 0 spiro atoms. The second kappa shape index (κ2) is 5.13. The maximum atomic E-state index is 11.6. The second-order valence-corrected chi connectivity index (χ2v) is 4.66. The second-order valence-electron chi connectivity index (χ2n) is 4.66. The zero-order valence-corrected chi connectivity index (χ0v) is 10.7. The molecule has 0 saturated carbocycles. The van der Waals surface area contributed by atoms with Gasteiger partial charge >= 0.3 is 5.97 Å². The number of carboxylic acids is 1. The van der Waals surface area contributed by atoms with E-state index in [1.807, 2.05) is 42.5 Å². The van der Waals surface area contributed by atoms with Gasteiger partial charge in [0.2, 0.25) is 0 Å². The fourth-order valence-electron chi connectivity index (χ4n) is 2.41. The standard InChI is InChI=1S/C17H13NO2/c19-17(20)16(15-6-3-9-18-11-15)14-8-7-12-4-1-2-5-13(12)10-14/h1-11,16H,(H,19,20). The Morgan fingerprint density at radius 3 is 2.45 bits per heavy atom. The molecule has 0 saturated heterocycles. The Kier molecular flexibility index (Phi) is 3.17. The predicted octanol–water partition coefficient (Wildman–Crippen LogP) is 3.45. The molecule has 1 unspecified atom stereocenters. The highest BCUT2D eigenvalue weighted by Crippen LogP contribution is 2.27. The lowest BCUT2D eigenvalue weighted by atomic mass is 9.91. The van der Waals surface area contributed by atoms with Crippen LogP contribution in [0.5, 0.6) is 0 Å². The lowest BCUT2D eigenvalue weighted by molar-refractivity contribution is -0.137. The quantitative estimate of drug-likeness (QED) is 0.787. The first-order valence-electron chi connectivity index (χ1n) is 6.37. The Labute approximate surface area is 116 Å². The highest BCUT2D eigenvalue weighted by molar-refractivity contribution is 5.86. The Morgan fingerprint density at radius 2 is 1.75 bits per heavy atom. The number of hydrogen-bond acceptors (Lipinski definition) is 2. The van der Waals surface area contributed by atoms with Crippen molar-refractivity contribution in [3.63, 3.8) is 0 Å². The first-order chi connectivity index (χ1) is 9.75. The summed E-state index contributed by atoms with van der Waals surface area (Å²) >= 11 is 0. The van der Waals surface area contributed by atoms with E-state index < -0.39 is 11.9 Å². The molecule has 0 bridgehead atoms. The van der Waals surface area contributed by atoms with Crippen molar-refractivity contribution in [2.24, 2.45) is 0 Å². The molecule has 2 aromatic carbocycles. The summed E-state index contributed by atoms with van der Waals surface area (Å²) in [7, 11) is 0. The minimum Gasteiger partial charge on any atom is -0.481 e. The van der Waals surface area contributed by atoms with E-state index in [4.69, 9.17) is 0 Å². The molecule has 0 aliphatic rings. The summed E-state index contributed by atoms with van der Waals surface area (Å²) in [6.07, 6.45) is 3.25. The van der Waals surface area contributed by atoms with Crippen LogP contribution in [0.15, 0.2) is 67.0 Å². The van der Waals surface area contributed by atoms with E-state index in [0.717, 1.165) is 16.3 Å². The van der Waals surface area contributed by atoms with Crippen LogP contribution < -0.4 is 0 Å². The lowest BCUT2D eigenvalue weighted by Gasteiger charge is -2.13. The fourth-order valence-corrected chi connectivity index (χ4v) is 2.41. The van der Waals surface area contributed by atoms with E-state index in [2.05, 4.69) is 4.98 Å². The summed E-state index contributed by atoms with van der Waals surface area (Å²) in [5.74, 6) is -1.55. The van der Waals surface area contributed by atoms with Gasteiger partial charge < -0.3 is 5.11 Å². The van der Waals surface area contributed by atoms with Gasteiger partial charge in [0.1, 0.15) is 5.92 Å². The smallest absolute Gasteiger partial charge is 0.315 e. The Balaban J connectivity index is 2.13. The summed E-state index contributed by atoms with van der Waals surface area (Å²) < 4.78 is 0. The number of carboxylic acid groups (broad SMARTS) is 1. The van der Waals surface area contributed by atoms with E-state index in [1.54, 1.807) is 24.5 Å². The average molecular weight is 263 g/mol. The zero-order chi connectivity index (χ0) is 13.9. The summed E-state index contributed by atoms with van der Waals surface area (Å²) in [4.78, 5) is 15.6. The monoisotopic (exact) mass is 263 g/mol. The molecule has 3 nitrogen and oxygen atoms in total. The molecule has 1 aromatic heterocycles. The third-order valence-electron chi connectivity index (χ3n) is 3.37. The molecule has 0 fully saturated rings. The molecule has 1 heterocycles. The average Bonchev–Trinajstić information content (AvgIpc) is 2.48. The first-order valence-corrected chi connectivity index (χ1v) is 6.37. The lowest BCUT2D eigenvalue weighted by Crippen LogP contribution is -2.13. The van der Waals surface area contributed by atoms with Gasteiger partial charge in [0.15, 0.2) is 0 Å². The van der Waals surface area contributed by atoms with E-state index in [0.29, 0.717) is 5.56 Å². The third kappa shape index (κ3) is 2.26. The van der Waals surface area contributed by atoms with Gasteiger partial charge in [-0.15, -0.1) is 0 Å². The highest BCUT2D eigenvalue weighted by atomic mass is 16.4. The normalized spacial score (nSPS) is 12.2. The van der Waals surface area contributed by atoms with Crippen LogP contribution >= 0.6 is 0 Å². The highest BCUT2D eigenvalue weighted by Gasteiger charge is 2.22. The van der Waals surface area contributed by atoms with Gasteiger partial charge in [-0.1, -0.05) is 42.5 Å². The van der Waals surface area contributed by atoms with Gasteiger partial charge in [-0.25, -0.2) is 0 Å². The minimum absolute atomic E-state index is 0.687. The molecule has 98 valence electrons. The summed E-state index contributed by atoms with van der Waals surface area (Å²) in [6, 6.07) is 17.2. The molecular weight excluding hydrogens is 250 g/mol. The number of pyridine rings is 1. The van der Waals surface area contributed by atoms with Crippen molar-refractivity contribution < 1.29 is 9.90 Å². The van der Waals surface area contributed by atoms with Crippen molar-refractivity contribution >= 4 is 16.7 Å². The Bertz CT molecular complexity index is 753. The molecule has 0 aliphatic heterocycles. The molecule has 3 rings (SSSR count). The number of aliphatic carboxylic acids is 1. The van der Waals surface area contributed by atoms with Crippen molar-refractivity contribution in [3.05, 3.63) is 78.1 Å². The Hall–Kier alpha value is -2.68. The largest absolute Gasteiger partial charge is 0.481 e. The molecule has 1 atom stereocenters. The Morgan fingerprint density at radius 1 is 0.950 bits per heavy atom. The van der Waals surface area contributed by atoms with Crippen LogP contribution in [0.25, 0.3) is 10.8 Å². The van der Waals surface area contributed by atoms with Crippen LogP contribution in [0.4, 0.5) is 0 Å². The molecule has 0 aliphatic carbocycles. The molecule has 0 amide bonds. The van der Waals surface area contributed by atoms with Crippen LogP contribution in [-0.2, 0) is 4.79 Å². The van der Waals surface area contributed by atoms with Crippen molar-refractivity contribution in [3.8, 4) is 0 Å². The van der Waals surface area contributed by atoms with E-state index >= 15 is 0 Å². The van der Waals surface area contributed by atoms with Gasteiger partial charge in [-0.05, 0) is 34.0 Å². The van der Waals surface area contributed by atoms with Gasteiger partial charge in [-0.3, -0.25) is 9.78 Å². The van der Waals surface area contributed by atoms with Crippen LogP contribution in [-0.4, -0.2) is 16.1 Å². The maximum absolute atomic E-state index is 11.6. The predicted molar refractivity (Wildman–Crippen MR) is 77.7 cm³/mol. The molecule has 3 heteroatoms. The SMILES string of the molecule is O=C(O)C(c1cccnc1)c1ccc2ccccc2c1. The van der Waals surface area contributed by atoms with Gasteiger partial charge in [0.25, 0.3) is 0 Å².